The van der Waals surface area contributed by atoms with Crippen LogP contribution in [0, 0.1) is 0 Å². The molecule has 0 radical (unpaired) electrons. The summed E-state index contributed by atoms with van der Waals surface area (Å²) in [5, 5.41) is 13.0. The van der Waals surface area contributed by atoms with Gasteiger partial charge in [0.15, 0.2) is 11.5 Å². The van der Waals surface area contributed by atoms with Crippen molar-refractivity contribution in [1.29, 1.82) is 0 Å². The quantitative estimate of drug-likeness (QED) is 0.814. The van der Waals surface area contributed by atoms with Gasteiger partial charge in [-0.3, -0.25) is 0 Å². The van der Waals surface area contributed by atoms with Crippen LogP contribution in [0.3, 0.4) is 0 Å². The first-order valence-electron chi connectivity index (χ1n) is 7.01. The third kappa shape index (κ3) is 3.48. The molecule has 2 N–H and O–H groups in total. The summed E-state index contributed by atoms with van der Waals surface area (Å²) in [6.45, 7) is 0.979. The van der Waals surface area contributed by atoms with E-state index in [-0.39, 0.29) is 17.2 Å². The van der Waals surface area contributed by atoms with Gasteiger partial charge in [-0.2, -0.15) is 0 Å². The van der Waals surface area contributed by atoms with E-state index in [1.165, 1.54) is 12.1 Å². The zero-order valence-electron chi connectivity index (χ0n) is 12.0. The van der Waals surface area contributed by atoms with Crippen molar-refractivity contribution in [3.8, 4) is 17.2 Å². The van der Waals surface area contributed by atoms with Crippen molar-refractivity contribution in [2.45, 2.75) is 19.3 Å². The Morgan fingerprint density at radius 1 is 1.09 bits per heavy atom. The molecule has 4 nitrogen and oxygen atoms in total. The average molecular weight is 342 g/mol. The number of aromatic hydroxyl groups is 1. The molecule has 2 aromatic rings. The molecule has 0 saturated heterocycles. The standard InChI is InChI=1S/C16H14ClF2NO3/c17-14-11(4-1-5-12(14)21)9-20-8-7-10-3-2-6-13-15(10)23-16(18,19)22-13/h1-6,20-21H,7-9H2. The molecule has 0 unspecified atom stereocenters. The zero-order chi connectivity index (χ0) is 16.4. The number of fused-ring (bicyclic) bond motifs is 1. The summed E-state index contributed by atoms with van der Waals surface area (Å²) in [4.78, 5) is 0. The number of phenolic OH excluding ortho intramolecular Hbond substituents is 1. The van der Waals surface area contributed by atoms with Gasteiger partial charge in [0.1, 0.15) is 5.75 Å². The van der Waals surface area contributed by atoms with Gasteiger partial charge in [0, 0.05) is 6.54 Å². The normalized spacial score (nSPS) is 14.9. The predicted molar refractivity (Wildman–Crippen MR) is 81.2 cm³/mol. The lowest BCUT2D eigenvalue weighted by atomic mass is 10.1. The Labute approximate surface area is 136 Å². The minimum Gasteiger partial charge on any atom is -0.506 e. The minimum atomic E-state index is -3.61. The van der Waals surface area contributed by atoms with Crippen LogP contribution >= 0.6 is 11.6 Å². The molecule has 0 amide bonds. The SMILES string of the molecule is Oc1cccc(CNCCc2cccc3c2OC(F)(F)O3)c1Cl. The number of benzene rings is 2. The summed E-state index contributed by atoms with van der Waals surface area (Å²) in [6, 6.07) is 9.82. The van der Waals surface area contributed by atoms with Gasteiger partial charge in [0.25, 0.3) is 0 Å². The zero-order valence-corrected chi connectivity index (χ0v) is 12.7. The second kappa shape index (κ2) is 6.22. The number of rotatable bonds is 5. The molecule has 1 aliphatic rings. The van der Waals surface area contributed by atoms with E-state index in [4.69, 9.17) is 11.6 Å². The molecule has 0 spiro atoms. The fraction of sp³-hybridized carbons (Fsp3) is 0.250. The third-order valence-corrected chi connectivity index (χ3v) is 3.89. The molecule has 7 heteroatoms. The van der Waals surface area contributed by atoms with Crippen molar-refractivity contribution >= 4 is 11.6 Å². The number of hydrogen-bond acceptors (Lipinski definition) is 4. The van der Waals surface area contributed by atoms with Crippen molar-refractivity contribution in [1.82, 2.24) is 5.32 Å². The summed E-state index contributed by atoms with van der Waals surface area (Å²) in [7, 11) is 0. The van der Waals surface area contributed by atoms with E-state index < -0.39 is 6.29 Å². The maximum Gasteiger partial charge on any atom is 0.586 e. The maximum absolute atomic E-state index is 13.1. The van der Waals surface area contributed by atoms with E-state index in [0.29, 0.717) is 30.1 Å². The fourth-order valence-corrected chi connectivity index (χ4v) is 2.56. The third-order valence-electron chi connectivity index (χ3n) is 3.45. The van der Waals surface area contributed by atoms with Gasteiger partial charge in [-0.25, -0.2) is 0 Å². The molecule has 1 aliphatic heterocycles. The number of para-hydroxylation sites is 1. The van der Waals surface area contributed by atoms with Crippen LogP contribution in [0.15, 0.2) is 36.4 Å². The van der Waals surface area contributed by atoms with Gasteiger partial charge in [-0.15, -0.1) is 8.78 Å². The molecule has 0 aromatic heterocycles. The molecule has 0 fully saturated rings. The summed E-state index contributed by atoms with van der Waals surface area (Å²) in [5.74, 6) is 0.151. The number of ether oxygens (including phenoxy) is 2. The van der Waals surface area contributed by atoms with Gasteiger partial charge in [0.05, 0.1) is 5.02 Å². The van der Waals surface area contributed by atoms with Crippen LogP contribution in [0.1, 0.15) is 11.1 Å². The predicted octanol–water partition coefficient (Wildman–Crippen LogP) is 3.70. The lowest BCUT2D eigenvalue weighted by Crippen LogP contribution is -2.26. The number of hydrogen-bond donors (Lipinski definition) is 2. The van der Waals surface area contributed by atoms with Crippen molar-refractivity contribution in [3.63, 3.8) is 0 Å². The van der Waals surface area contributed by atoms with Gasteiger partial charge in [-0.05, 0) is 36.2 Å². The summed E-state index contributed by atoms with van der Waals surface area (Å²) < 4.78 is 35.2. The molecule has 122 valence electrons. The van der Waals surface area contributed by atoms with Gasteiger partial charge in [-0.1, -0.05) is 35.9 Å². The van der Waals surface area contributed by atoms with Crippen molar-refractivity contribution in [2.24, 2.45) is 0 Å². The molecule has 0 aliphatic carbocycles. The molecule has 3 rings (SSSR count). The van der Waals surface area contributed by atoms with Gasteiger partial charge < -0.3 is 19.9 Å². The fourth-order valence-electron chi connectivity index (χ4n) is 2.37. The highest BCUT2D eigenvalue weighted by atomic mass is 35.5. The minimum absolute atomic E-state index is 0.0274. The van der Waals surface area contributed by atoms with Crippen molar-refractivity contribution in [3.05, 3.63) is 52.5 Å². The van der Waals surface area contributed by atoms with Crippen LogP contribution < -0.4 is 14.8 Å². The maximum atomic E-state index is 13.1. The summed E-state index contributed by atoms with van der Waals surface area (Å²) in [6.07, 6.45) is -3.12. The smallest absolute Gasteiger partial charge is 0.506 e. The first-order chi connectivity index (χ1) is 11.0. The molecular formula is C16H14ClF2NO3. The lowest BCUT2D eigenvalue weighted by molar-refractivity contribution is -0.286. The number of alkyl halides is 2. The Morgan fingerprint density at radius 2 is 1.83 bits per heavy atom. The largest absolute Gasteiger partial charge is 0.586 e. The average Bonchev–Trinajstić information content (AvgIpc) is 2.82. The Hall–Kier alpha value is -2.05. The number of phenols is 1. The van der Waals surface area contributed by atoms with Crippen LogP contribution in [-0.2, 0) is 13.0 Å². The Bertz CT molecular complexity index is 724. The molecule has 0 saturated carbocycles. The van der Waals surface area contributed by atoms with Gasteiger partial charge >= 0.3 is 6.29 Å². The number of nitrogens with one attached hydrogen (secondary N) is 1. The summed E-state index contributed by atoms with van der Waals surface area (Å²) >= 11 is 5.99. The Balaban J connectivity index is 1.58. The molecular weight excluding hydrogens is 328 g/mol. The molecule has 0 atom stereocenters. The van der Waals surface area contributed by atoms with Crippen LogP contribution in [0.2, 0.25) is 5.02 Å². The van der Waals surface area contributed by atoms with E-state index in [0.717, 1.165) is 5.56 Å². The highest BCUT2D eigenvalue weighted by molar-refractivity contribution is 6.32. The lowest BCUT2D eigenvalue weighted by Gasteiger charge is -2.09. The highest BCUT2D eigenvalue weighted by Gasteiger charge is 2.44. The van der Waals surface area contributed by atoms with Crippen LogP contribution in [0.25, 0.3) is 0 Å². The monoisotopic (exact) mass is 341 g/mol. The van der Waals surface area contributed by atoms with E-state index in [1.54, 1.807) is 24.3 Å². The molecule has 2 aromatic carbocycles. The van der Waals surface area contributed by atoms with Crippen LogP contribution in [0.4, 0.5) is 8.78 Å². The second-order valence-electron chi connectivity index (χ2n) is 5.09. The molecule has 23 heavy (non-hydrogen) atoms. The molecule has 1 heterocycles. The van der Waals surface area contributed by atoms with E-state index in [2.05, 4.69) is 14.8 Å². The van der Waals surface area contributed by atoms with E-state index in [9.17, 15) is 13.9 Å². The van der Waals surface area contributed by atoms with E-state index in [1.807, 2.05) is 0 Å². The Kier molecular flexibility index (Phi) is 4.28. The van der Waals surface area contributed by atoms with Crippen molar-refractivity contribution in [2.75, 3.05) is 6.54 Å². The highest BCUT2D eigenvalue weighted by Crippen LogP contribution is 2.43. The summed E-state index contributed by atoms with van der Waals surface area (Å²) in [5.41, 5.74) is 1.39. The van der Waals surface area contributed by atoms with Gasteiger partial charge in [0.2, 0.25) is 0 Å². The van der Waals surface area contributed by atoms with E-state index >= 15 is 0 Å². The molecule has 0 bridgehead atoms. The van der Waals surface area contributed by atoms with Crippen molar-refractivity contribution < 1.29 is 23.4 Å². The Morgan fingerprint density at radius 3 is 2.65 bits per heavy atom. The number of halogens is 3. The van der Waals surface area contributed by atoms with Crippen LogP contribution in [0.5, 0.6) is 17.2 Å². The topological polar surface area (TPSA) is 50.7 Å². The second-order valence-corrected chi connectivity index (χ2v) is 5.47. The van der Waals surface area contributed by atoms with Crippen LogP contribution in [-0.4, -0.2) is 17.9 Å². The first kappa shape index (κ1) is 15.8. The first-order valence-corrected chi connectivity index (χ1v) is 7.39.